The average Bonchev–Trinajstić information content (AvgIpc) is 2.96. The zero-order valence-corrected chi connectivity index (χ0v) is 12.4. The van der Waals surface area contributed by atoms with Crippen LogP contribution in [0.4, 0.5) is 0 Å². The lowest BCUT2D eigenvalue weighted by atomic mass is 10.0. The lowest BCUT2D eigenvalue weighted by Crippen LogP contribution is -2.35. The number of nitrogens with two attached hydrogens (primary N) is 1. The Balaban J connectivity index is 2.32. The second-order valence-corrected chi connectivity index (χ2v) is 7.54. The van der Waals surface area contributed by atoms with E-state index in [1.165, 1.54) is 11.8 Å². The lowest BCUT2D eigenvalue weighted by Gasteiger charge is -2.10. The minimum Gasteiger partial charge on any atom is -0.383 e. The third-order valence-electron chi connectivity index (χ3n) is 3.91. The van der Waals surface area contributed by atoms with Crippen molar-refractivity contribution in [1.29, 1.82) is 0 Å². The second kappa shape index (κ2) is 4.89. The number of benzene rings is 1. The predicted octanol–water partition coefficient (Wildman–Crippen LogP) is 1.10. The number of aryl methyl sites for hydroxylation is 1. The van der Waals surface area contributed by atoms with Gasteiger partial charge in [-0.15, -0.1) is 0 Å². The summed E-state index contributed by atoms with van der Waals surface area (Å²) in [5.41, 5.74) is 7.64. The van der Waals surface area contributed by atoms with Crippen LogP contribution in [0.2, 0.25) is 0 Å². The van der Waals surface area contributed by atoms with Gasteiger partial charge in [0, 0.05) is 19.3 Å². The molecule has 1 aliphatic rings. The third-order valence-corrected chi connectivity index (χ3v) is 5.54. The number of ether oxygens (including phenoxy) is 1. The summed E-state index contributed by atoms with van der Waals surface area (Å²) in [7, 11) is -1.63. The van der Waals surface area contributed by atoms with Crippen molar-refractivity contribution in [2.75, 3.05) is 20.0 Å². The van der Waals surface area contributed by atoms with E-state index >= 15 is 0 Å². The minimum atomic E-state index is -3.18. The summed E-state index contributed by atoms with van der Waals surface area (Å²) in [6.45, 7) is 2.34. The second-order valence-electron chi connectivity index (χ2n) is 5.37. The fraction of sp³-hybridized carbons (Fsp3) is 0.571. The molecule has 19 heavy (non-hydrogen) atoms. The first-order valence-electron chi connectivity index (χ1n) is 6.40. The van der Waals surface area contributed by atoms with Crippen molar-refractivity contribution < 1.29 is 13.2 Å². The maximum atomic E-state index is 11.9. The Labute approximate surface area is 114 Å². The standard InChI is InChI=1S/C14H21NO3S/c1-4-10-5-7-11(8-6-10)12-13(19(3,16)17)14(12,15)9-18-2/h5-8,12-13H,4,9,15H2,1-3H3/t12-,13-,14+/m0/s1. The summed E-state index contributed by atoms with van der Waals surface area (Å²) in [6, 6.07) is 8.01. The van der Waals surface area contributed by atoms with Gasteiger partial charge in [0.2, 0.25) is 0 Å². The summed E-state index contributed by atoms with van der Waals surface area (Å²) in [6.07, 6.45) is 2.21. The van der Waals surface area contributed by atoms with E-state index in [2.05, 4.69) is 6.92 Å². The Hall–Kier alpha value is -0.910. The molecule has 3 atom stereocenters. The molecule has 106 valence electrons. The largest absolute Gasteiger partial charge is 0.383 e. The Bertz CT molecular complexity index is 553. The molecule has 4 nitrogen and oxygen atoms in total. The Morgan fingerprint density at radius 1 is 1.32 bits per heavy atom. The third kappa shape index (κ3) is 2.55. The molecule has 0 bridgehead atoms. The maximum Gasteiger partial charge on any atom is 0.152 e. The first-order chi connectivity index (χ1) is 8.84. The van der Waals surface area contributed by atoms with Crippen molar-refractivity contribution in [3.8, 4) is 0 Å². The zero-order chi connectivity index (χ0) is 14.3. The molecule has 0 heterocycles. The summed E-state index contributed by atoms with van der Waals surface area (Å²) in [4.78, 5) is 0. The van der Waals surface area contributed by atoms with E-state index in [9.17, 15) is 8.42 Å². The Kier molecular flexibility index (Phi) is 3.73. The smallest absolute Gasteiger partial charge is 0.152 e. The van der Waals surface area contributed by atoms with Crippen LogP contribution in [-0.2, 0) is 21.0 Å². The van der Waals surface area contributed by atoms with Gasteiger partial charge >= 0.3 is 0 Å². The van der Waals surface area contributed by atoms with E-state index < -0.39 is 20.6 Å². The maximum absolute atomic E-state index is 11.9. The van der Waals surface area contributed by atoms with Crippen LogP contribution in [0, 0.1) is 0 Å². The Morgan fingerprint density at radius 2 is 1.89 bits per heavy atom. The topological polar surface area (TPSA) is 69.4 Å². The van der Waals surface area contributed by atoms with Crippen LogP contribution < -0.4 is 5.73 Å². The van der Waals surface area contributed by atoms with E-state index in [1.54, 1.807) is 7.11 Å². The van der Waals surface area contributed by atoms with E-state index in [0.29, 0.717) is 0 Å². The van der Waals surface area contributed by atoms with Gasteiger partial charge < -0.3 is 10.5 Å². The van der Waals surface area contributed by atoms with Gasteiger partial charge in [-0.05, 0) is 17.5 Å². The molecule has 1 aromatic carbocycles. The molecule has 2 rings (SSSR count). The molecule has 1 aliphatic carbocycles. The monoisotopic (exact) mass is 283 g/mol. The highest BCUT2D eigenvalue weighted by Gasteiger charge is 2.67. The number of hydrogen-bond acceptors (Lipinski definition) is 4. The molecule has 2 N–H and O–H groups in total. The normalized spacial score (nSPS) is 30.3. The van der Waals surface area contributed by atoms with E-state index in [4.69, 9.17) is 10.5 Å². The lowest BCUT2D eigenvalue weighted by molar-refractivity contribution is 0.171. The van der Waals surface area contributed by atoms with Gasteiger partial charge in [-0.1, -0.05) is 31.2 Å². The van der Waals surface area contributed by atoms with Crippen molar-refractivity contribution in [2.24, 2.45) is 5.73 Å². The molecular weight excluding hydrogens is 262 g/mol. The molecule has 0 aliphatic heterocycles. The van der Waals surface area contributed by atoms with E-state index in [0.717, 1.165) is 12.0 Å². The van der Waals surface area contributed by atoms with Crippen LogP contribution in [0.15, 0.2) is 24.3 Å². The van der Waals surface area contributed by atoms with Crippen molar-refractivity contribution in [3.63, 3.8) is 0 Å². The van der Waals surface area contributed by atoms with Crippen molar-refractivity contribution >= 4 is 9.84 Å². The molecule has 1 aromatic rings. The van der Waals surface area contributed by atoms with Gasteiger partial charge in [-0.3, -0.25) is 0 Å². The average molecular weight is 283 g/mol. The van der Waals surface area contributed by atoms with Crippen LogP contribution in [0.1, 0.15) is 24.0 Å². The van der Waals surface area contributed by atoms with Gasteiger partial charge in [0.15, 0.2) is 9.84 Å². The van der Waals surface area contributed by atoms with Gasteiger partial charge in [0.1, 0.15) is 0 Å². The number of methoxy groups -OCH3 is 1. The highest BCUT2D eigenvalue weighted by molar-refractivity contribution is 7.91. The molecule has 1 fully saturated rings. The minimum absolute atomic E-state index is 0.173. The SMILES string of the molecule is CCc1ccc([C@H]2[C@H](S(C)(=O)=O)[C@@]2(N)COC)cc1. The van der Waals surface area contributed by atoms with Crippen LogP contribution in [-0.4, -0.2) is 39.2 Å². The van der Waals surface area contributed by atoms with Crippen LogP contribution >= 0.6 is 0 Å². The summed E-state index contributed by atoms with van der Waals surface area (Å²) >= 11 is 0. The quantitative estimate of drug-likeness (QED) is 0.878. The van der Waals surface area contributed by atoms with Crippen LogP contribution in [0.5, 0.6) is 0 Å². The van der Waals surface area contributed by atoms with Crippen molar-refractivity contribution in [3.05, 3.63) is 35.4 Å². The molecule has 0 amide bonds. The molecular formula is C14H21NO3S. The predicted molar refractivity (Wildman–Crippen MR) is 76.0 cm³/mol. The number of hydrogen-bond donors (Lipinski definition) is 1. The molecule has 0 saturated heterocycles. The van der Waals surface area contributed by atoms with Gasteiger partial charge in [-0.2, -0.15) is 0 Å². The van der Waals surface area contributed by atoms with E-state index in [-0.39, 0.29) is 12.5 Å². The van der Waals surface area contributed by atoms with Crippen LogP contribution in [0.25, 0.3) is 0 Å². The first-order valence-corrected chi connectivity index (χ1v) is 8.35. The van der Waals surface area contributed by atoms with Gasteiger partial charge in [0.25, 0.3) is 0 Å². The van der Waals surface area contributed by atoms with Crippen LogP contribution in [0.3, 0.4) is 0 Å². The molecule has 0 spiro atoms. The molecule has 0 radical (unpaired) electrons. The first kappa shape index (κ1) is 14.5. The number of sulfone groups is 1. The summed E-state index contributed by atoms with van der Waals surface area (Å²) in [5, 5.41) is -0.549. The molecule has 5 heteroatoms. The zero-order valence-electron chi connectivity index (χ0n) is 11.6. The Morgan fingerprint density at radius 3 is 2.32 bits per heavy atom. The fourth-order valence-corrected chi connectivity index (χ4v) is 4.77. The van der Waals surface area contributed by atoms with Crippen molar-refractivity contribution in [2.45, 2.75) is 30.1 Å². The van der Waals surface area contributed by atoms with Gasteiger partial charge in [-0.25, -0.2) is 8.42 Å². The number of rotatable bonds is 5. The fourth-order valence-electron chi connectivity index (χ4n) is 2.94. The molecule has 0 unspecified atom stereocenters. The highest BCUT2D eigenvalue weighted by atomic mass is 32.2. The molecule has 1 saturated carbocycles. The summed E-state index contributed by atoms with van der Waals surface area (Å²) < 4.78 is 28.8. The highest BCUT2D eigenvalue weighted by Crippen LogP contribution is 2.53. The summed E-state index contributed by atoms with van der Waals surface area (Å²) in [5.74, 6) is -0.173. The van der Waals surface area contributed by atoms with Crippen molar-refractivity contribution in [1.82, 2.24) is 0 Å². The van der Waals surface area contributed by atoms with Gasteiger partial charge in [0.05, 0.1) is 17.4 Å². The van der Waals surface area contributed by atoms with E-state index in [1.807, 2.05) is 24.3 Å². The molecule has 0 aromatic heterocycles.